The number of amides is 1. The number of hydrogen-bond donors (Lipinski definition) is 2. The predicted molar refractivity (Wildman–Crippen MR) is 74.1 cm³/mol. The van der Waals surface area contributed by atoms with Crippen molar-refractivity contribution in [3.8, 4) is 11.8 Å². The maximum absolute atomic E-state index is 11.9. The van der Waals surface area contributed by atoms with Gasteiger partial charge in [-0.15, -0.1) is 0 Å². The summed E-state index contributed by atoms with van der Waals surface area (Å²) in [5.74, 6) is 5.05. The summed E-state index contributed by atoms with van der Waals surface area (Å²) >= 11 is 0. The number of carbonyl (C=O) groups excluding carboxylic acids is 1. The van der Waals surface area contributed by atoms with Crippen molar-refractivity contribution >= 4 is 5.91 Å². The molecule has 1 aliphatic rings. The first-order chi connectivity index (χ1) is 9.79. The third-order valence-corrected chi connectivity index (χ3v) is 3.07. The van der Waals surface area contributed by atoms with Crippen LogP contribution in [0.15, 0.2) is 18.3 Å². The number of nitrogens with zero attached hydrogens (tertiary/aromatic N) is 1. The van der Waals surface area contributed by atoms with Crippen molar-refractivity contribution in [3.63, 3.8) is 0 Å². The highest BCUT2D eigenvalue weighted by molar-refractivity contribution is 5.92. The van der Waals surface area contributed by atoms with E-state index in [1.165, 1.54) is 6.20 Å². The summed E-state index contributed by atoms with van der Waals surface area (Å²) in [6.45, 7) is 1.10. The summed E-state index contributed by atoms with van der Waals surface area (Å²) < 4.78 is 5.55. The van der Waals surface area contributed by atoms with Gasteiger partial charge in [0.15, 0.2) is 0 Å². The van der Waals surface area contributed by atoms with E-state index in [-0.39, 0.29) is 18.6 Å². The molecule has 2 N–H and O–H groups in total. The molecule has 2 heterocycles. The van der Waals surface area contributed by atoms with Crippen LogP contribution in [0, 0.1) is 11.8 Å². The molecule has 2 rings (SSSR count). The Morgan fingerprint density at radius 1 is 1.50 bits per heavy atom. The lowest BCUT2D eigenvalue weighted by Gasteiger charge is -2.22. The van der Waals surface area contributed by atoms with Crippen LogP contribution >= 0.6 is 0 Å². The van der Waals surface area contributed by atoms with Crippen LogP contribution in [0.2, 0.25) is 0 Å². The number of ether oxygens (including phenoxy) is 1. The molecule has 106 valence electrons. The minimum atomic E-state index is -0.208. The van der Waals surface area contributed by atoms with Crippen LogP contribution in [-0.2, 0) is 4.74 Å². The molecule has 1 fully saturated rings. The van der Waals surface area contributed by atoms with Gasteiger partial charge < -0.3 is 15.2 Å². The third-order valence-electron chi connectivity index (χ3n) is 3.07. The van der Waals surface area contributed by atoms with Crippen LogP contribution in [0.5, 0.6) is 0 Å². The molecule has 0 radical (unpaired) electrons. The minimum Gasteiger partial charge on any atom is -0.384 e. The fraction of sp³-hybridized carbons (Fsp3) is 0.467. The smallest absolute Gasteiger partial charge is 0.269 e. The van der Waals surface area contributed by atoms with Gasteiger partial charge in [-0.2, -0.15) is 0 Å². The molecule has 20 heavy (non-hydrogen) atoms. The van der Waals surface area contributed by atoms with Gasteiger partial charge in [-0.3, -0.25) is 4.79 Å². The number of aliphatic hydroxyl groups excluding tert-OH is 1. The molecule has 1 saturated heterocycles. The van der Waals surface area contributed by atoms with E-state index < -0.39 is 0 Å². The zero-order valence-corrected chi connectivity index (χ0v) is 11.3. The molecule has 1 aromatic rings. The zero-order valence-electron chi connectivity index (χ0n) is 11.3. The van der Waals surface area contributed by atoms with Gasteiger partial charge in [0.1, 0.15) is 12.3 Å². The quantitative estimate of drug-likeness (QED) is 0.797. The predicted octanol–water partition coefficient (Wildman–Crippen LogP) is 0.724. The molecular weight excluding hydrogens is 256 g/mol. The molecule has 1 atom stereocenters. The molecule has 0 aliphatic carbocycles. The van der Waals surface area contributed by atoms with E-state index in [1.54, 1.807) is 12.1 Å². The second-order valence-corrected chi connectivity index (χ2v) is 4.59. The van der Waals surface area contributed by atoms with Crippen LogP contribution in [0.3, 0.4) is 0 Å². The molecule has 1 aliphatic heterocycles. The average Bonchev–Trinajstić information content (AvgIpc) is 2.52. The van der Waals surface area contributed by atoms with E-state index in [0.29, 0.717) is 17.8 Å². The van der Waals surface area contributed by atoms with Crippen LogP contribution < -0.4 is 5.32 Å². The van der Waals surface area contributed by atoms with Crippen molar-refractivity contribution in [3.05, 3.63) is 29.6 Å². The highest BCUT2D eigenvalue weighted by Crippen LogP contribution is 2.11. The molecule has 0 bridgehead atoms. The average molecular weight is 274 g/mol. The largest absolute Gasteiger partial charge is 0.384 e. The summed E-state index contributed by atoms with van der Waals surface area (Å²) in [5.41, 5.74) is 1.03. The van der Waals surface area contributed by atoms with Gasteiger partial charge in [-0.25, -0.2) is 4.98 Å². The van der Waals surface area contributed by atoms with Crippen LogP contribution in [0.25, 0.3) is 0 Å². The van der Waals surface area contributed by atoms with Gasteiger partial charge >= 0.3 is 0 Å². The second kappa shape index (κ2) is 7.63. The molecule has 1 amide bonds. The SMILES string of the molecule is O=C(NCC1CCCCO1)c1ccc(C#CCO)cn1. The van der Waals surface area contributed by atoms with Crippen molar-refractivity contribution in [1.82, 2.24) is 10.3 Å². The Kier molecular flexibility index (Phi) is 5.54. The number of pyridine rings is 1. The first kappa shape index (κ1) is 14.5. The van der Waals surface area contributed by atoms with Crippen molar-refractivity contribution in [2.24, 2.45) is 0 Å². The Morgan fingerprint density at radius 3 is 3.05 bits per heavy atom. The van der Waals surface area contributed by atoms with E-state index in [9.17, 15) is 4.79 Å². The van der Waals surface area contributed by atoms with Crippen molar-refractivity contribution < 1.29 is 14.6 Å². The molecule has 1 unspecified atom stereocenters. The lowest BCUT2D eigenvalue weighted by atomic mass is 10.1. The van der Waals surface area contributed by atoms with Crippen LogP contribution in [0.1, 0.15) is 35.3 Å². The lowest BCUT2D eigenvalue weighted by Crippen LogP contribution is -2.35. The number of aromatic nitrogens is 1. The number of nitrogens with one attached hydrogen (secondary N) is 1. The van der Waals surface area contributed by atoms with E-state index in [0.717, 1.165) is 25.9 Å². The maximum atomic E-state index is 11.9. The van der Waals surface area contributed by atoms with Gasteiger partial charge in [-0.1, -0.05) is 11.8 Å². The first-order valence-electron chi connectivity index (χ1n) is 6.75. The highest BCUT2D eigenvalue weighted by Gasteiger charge is 2.15. The number of hydrogen-bond acceptors (Lipinski definition) is 4. The van der Waals surface area contributed by atoms with E-state index in [4.69, 9.17) is 9.84 Å². The Labute approximate surface area is 118 Å². The van der Waals surface area contributed by atoms with Crippen LogP contribution in [-0.4, -0.2) is 41.9 Å². The molecule has 5 nitrogen and oxygen atoms in total. The van der Waals surface area contributed by atoms with Gasteiger partial charge in [0.05, 0.1) is 6.10 Å². The molecule has 0 spiro atoms. The number of carbonyl (C=O) groups is 1. The summed E-state index contributed by atoms with van der Waals surface area (Å²) in [5, 5.41) is 11.4. The standard InChI is InChI=1S/C15H18N2O3/c18-8-3-4-12-6-7-14(16-10-12)15(19)17-11-13-5-1-2-9-20-13/h6-7,10,13,18H,1-2,5,8-9,11H2,(H,17,19). The van der Waals surface area contributed by atoms with Crippen molar-refractivity contribution in [2.45, 2.75) is 25.4 Å². The Balaban J connectivity index is 1.85. The van der Waals surface area contributed by atoms with Crippen molar-refractivity contribution in [1.29, 1.82) is 0 Å². The Bertz CT molecular complexity index is 496. The second-order valence-electron chi connectivity index (χ2n) is 4.59. The summed E-state index contributed by atoms with van der Waals surface area (Å²) in [6, 6.07) is 3.33. The molecule has 0 aromatic carbocycles. The van der Waals surface area contributed by atoms with Gasteiger partial charge in [0.2, 0.25) is 0 Å². The highest BCUT2D eigenvalue weighted by atomic mass is 16.5. The van der Waals surface area contributed by atoms with E-state index >= 15 is 0 Å². The molecule has 5 heteroatoms. The Hall–Kier alpha value is -1.90. The number of rotatable bonds is 3. The van der Waals surface area contributed by atoms with E-state index in [1.807, 2.05) is 0 Å². The first-order valence-corrected chi connectivity index (χ1v) is 6.75. The number of aliphatic hydroxyl groups is 1. The monoisotopic (exact) mass is 274 g/mol. The fourth-order valence-electron chi connectivity index (χ4n) is 2.01. The van der Waals surface area contributed by atoms with Crippen molar-refractivity contribution in [2.75, 3.05) is 19.8 Å². The zero-order chi connectivity index (χ0) is 14.2. The normalized spacial score (nSPS) is 17.9. The van der Waals surface area contributed by atoms with E-state index in [2.05, 4.69) is 22.1 Å². The molecular formula is C15H18N2O3. The summed E-state index contributed by atoms with van der Waals surface area (Å²) in [6.07, 6.45) is 4.87. The molecule has 1 aromatic heterocycles. The topological polar surface area (TPSA) is 71.5 Å². The van der Waals surface area contributed by atoms with Gasteiger partial charge in [-0.05, 0) is 31.4 Å². The minimum absolute atomic E-state index is 0.113. The third kappa shape index (κ3) is 4.34. The fourth-order valence-corrected chi connectivity index (χ4v) is 2.01. The Morgan fingerprint density at radius 2 is 2.40 bits per heavy atom. The van der Waals surface area contributed by atoms with Gasteiger partial charge in [0.25, 0.3) is 5.91 Å². The van der Waals surface area contributed by atoms with Crippen LogP contribution in [0.4, 0.5) is 0 Å². The summed E-state index contributed by atoms with van der Waals surface area (Å²) in [7, 11) is 0. The maximum Gasteiger partial charge on any atom is 0.269 e. The van der Waals surface area contributed by atoms with Gasteiger partial charge in [0, 0.05) is 24.9 Å². The summed E-state index contributed by atoms with van der Waals surface area (Å²) in [4.78, 5) is 16.0. The molecule has 0 saturated carbocycles. The lowest BCUT2D eigenvalue weighted by molar-refractivity contribution is 0.0168.